The van der Waals surface area contributed by atoms with Crippen molar-refractivity contribution in [1.82, 2.24) is 10.2 Å². The van der Waals surface area contributed by atoms with Crippen LogP contribution in [0.1, 0.15) is 27.2 Å². The third kappa shape index (κ3) is 4.03. The van der Waals surface area contributed by atoms with Crippen molar-refractivity contribution in [2.24, 2.45) is 0 Å². The summed E-state index contributed by atoms with van der Waals surface area (Å²) in [5.41, 5.74) is 1.08. The van der Waals surface area contributed by atoms with Crippen LogP contribution in [0.15, 0.2) is 0 Å². The van der Waals surface area contributed by atoms with Crippen LogP contribution < -0.4 is 5.32 Å². The van der Waals surface area contributed by atoms with E-state index in [9.17, 15) is 4.79 Å². The van der Waals surface area contributed by atoms with Gasteiger partial charge in [-0.1, -0.05) is 12.2 Å². The Bertz CT molecular complexity index is 250. The third-order valence-corrected chi connectivity index (χ3v) is 2.28. The van der Waals surface area contributed by atoms with E-state index in [1.54, 1.807) is 4.90 Å². The molecule has 0 aromatic heterocycles. The van der Waals surface area contributed by atoms with Crippen molar-refractivity contribution in [2.75, 3.05) is 13.1 Å². The van der Waals surface area contributed by atoms with Crippen LogP contribution in [0.25, 0.3) is 0 Å². The Hall–Kier alpha value is -0.840. The minimum absolute atomic E-state index is 0.240. The minimum Gasteiger partial charge on any atom is -0.444 e. The molecular weight excluding hydrogens is 212 g/mol. The van der Waals surface area contributed by atoms with Crippen LogP contribution in [-0.4, -0.2) is 41.2 Å². The summed E-state index contributed by atoms with van der Waals surface area (Å²) in [7, 11) is 0. The number of hydrogen-bond donors (Lipinski definition) is 1. The molecule has 1 rings (SSSR count). The van der Waals surface area contributed by atoms with Gasteiger partial charge in [0.15, 0.2) is 0 Å². The van der Waals surface area contributed by atoms with Gasteiger partial charge in [-0.25, -0.2) is 4.79 Å². The molecule has 0 aromatic rings. The summed E-state index contributed by atoms with van der Waals surface area (Å²) in [6.07, 6.45) is 0.683. The van der Waals surface area contributed by atoms with Crippen LogP contribution in [0.5, 0.6) is 0 Å². The molecule has 1 heterocycles. The number of nitrogens with one attached hydrogen (secondary N) is 1. The summed E-state index contributed by atoms with van der Waals surface area (Å²) >= 11 is 4.71. The van der Waals surface area contributed by atoms with Crippen LogP contribution in [0.2, 0.25) is 0 Å². The van der Waals surface area contributed by atoms with E-state index < -0.39 is 5.60 Å². The summed E-state index contributed by atoms with van der Waals surface area (Å²) in [4.78, 5) is 13.4. The number of carbonyl (C=O) groups excluding carboxylic acids is 1. The molecule has 1 unspecified atom stereocenters. The number of thiocarbonyl (C=S) groups is 1. The highest BCUT2D eigenvalue weighted by Crippen LogP contribution is 2.14. The molecule has 1 fully saturated rings. The zero-order valence-electron chi connectivity index (χ0n) is 9.45. The van der Waals surface area contributed by atoms with Gasteiger partial charge in [0.05, 0.1) is 5.49 Å². The topological polar surface area (TPSA) is 41.6 Å². The fourth-order valence-electron chi connectivity index (χ4n) is 1.48. The van der Waals surface area contributed by atoms with Crippen molar-refractivity contribution in [1.29, 1.82) is 0 Å². The van der Waals surface area contributed by atoms with Gasteiger partial charge in [0.1, 0.15) is 5.60 Å². The van der Waals surface area contributed by atoms with Crippen LogP contribution in [0, 0.1) is 0 Å². The number of carbonyl (C=O) groups is 1. The molecule has 0 bridgehead atoms. The van der Waals surface area contributed by atoms with Gasteiger partial charge in [-0.2, -0.15) is 0 Å². The summed E-state index contributed by atoms with van der Waals surface area (Å²) < 4.78 is 5.27. The molecule has 15 heavy (non-hydrogen) atoms. The highest BCUT2D eigenvalue weighted by atomic mass is 32.1. The predicted molar refractivity (Wildman–Crippen MR) is 63.0 cm³/mol. The van der Waals surface area contributed by atoms with E-state index >= 15 is 0 Å². The molecule has 0 aliphatic carbocycles. The summed E-state index contributed by atoms with van der Waals surface area (Å²) in [5, 5.41) is 3.03. The normalized spacial score (nSPS) is 21.3. The molecule has 1 amide bonds. The van der Waals surface area contributed by atoms with Gasteiger partial charge < -0.3 is 15.0 Å². The standard InChI is InChI=1S/C10H18N2O2S/c1-10(2,3)14-9(13)12-5-4-8(6-12)11-7-15/h7-8H,4-6H2,1-3H3,(H,11,15). The summed E-state index contributed by atoms with van der Waals surface area (Å²) in [6, 6.07) is 0.273. The van der Waals surface area contributed by atoms with E-state index in [0.717, 1.165) is 13.0 Å². The third-order valence-electron chi connectivity index (χ3n) is 2.14. The highest BCUT2D eigenvalue weighted by Gasteiger charge is 2.28. The molecule has 86 valence electrons. The number of likely N-dealkylation sites (tertiary alicyclic amines) is 1. The van der Waals surface area contributed by atoms with Gasteiger partial charge in [-0.3, -0.25) is 0 Å². The maximum Gasteiger partial charge on any atom is 0.410 e. The quantitative estimate of drug-likeness (QED) is 0.731. The highest BCUT2D eigenvalue weighted by molar-refractivity contribution is 7.78. The number of nitrogens with zero attached hydrogens (tertiary/aromatic N) is 1. The number of ether oxygens (including phenoxy) is 1. The Kier molecular flexibility index (Phi) is 3.90. The first-order valence-electron chi connectivity index (χ1n) is 5.10. The van der Waals surface area contributed by atoms with Gasteiger partial charge in [-0.15, -0.1) is 0 Å². The Labute approximate surface area is 96.0 Å². The average molecular weight is 230 g/mol. The summed E-state index contributed by atoms with van der Waals surface area (Å²) in [5.74, 6) is 0. The van der Waals surface area contributed by atoms with Crippen molar-refractivity contribution in [3.8, 4) is 0 Å². The second-order valence-electron chi connectivity index (χ2n) is 4.70. The number of amides is 1. The van der Waals surface area contributed by atoms with Crippen molar-refractivity contribution in [3.63, 3.8) is 0 Å². The van der Waals surface area contributed by atoms with Crippen LogP contribution >= 0.6 is 12.2 Å². The molecule has 0 saturated carbocycles. The Balaban J connectivity index is 2.40. The van der Waals surface area contributed by atoms with Gasteiger partial charge >= 0.3 is 6.09 Å². The molecule has 1 aliphatic rings. The van der Waals surface area contributed by atoms with Gasteiger partial charge in [0.25, 0.3) is 0 Å². The minimum atomic E-state index is -0.424. The Morgan fingerprint density at radius 3 is 2.80 bits per heavy atom. The number of hydrogen-bond acceptors (Lipinski definition) is 3. The molecule has 4 nitrogen and oxygen atoms in total. The molecule has 0 aromatic carbocycles. The van der Waals surface area contributed by atoms with E-state index in [-0.39, 0.29) is 12.1 Å². The first-order valence-corrected chi connectivity index (χ1v) is 5.57. The lowest BCUT2D eigenvalue weighted by atomic mass is 10.2. The maximum absolute atomic E-state index is 11.7. The van der Waals surface area contributed by atoms with E-state index in [4.69, 9.17) is 17.0 Å². The average Bonchev–Trinajstić information content (AvgIpc) is 2.50. The van der Waals surface area contributed by atoms with E-state index in [2.05, 4.69) is 5.32 Å². The molecule has 5 heteroatoms. The zero-order chi connectivity index (χ0) is 11.5. The lowest BCUT2D eigenvalue weighted by Gasteiger charge is -2.24. The molecular formula is C10H18N2O2S. The Morgan fingerprint density at radius 1 is 1.60 bits per heavy atom. The first kappa shape index (κ1) is 12.2. The van der Waals surface area contributed by atoms with Crippen LogP contribution in [0.3, 0.4) is 0 Å². The van der Waals surface area contributed by atoms with Crippen molar-refractivity contribution < 1.29 is 9.53 Å². The second kappa shape index (κ2) is 4.79. The first-order chi connectivity index (χ1) is 6.92. The summed E-state index contributed by atoms with van der Waals surface area (Å²) in [6.45, 7) is 7.01. The fourth-order valence-corrected chi connectivity index (χ4v) is 1.68. The van der Waals surface area contributed by atoms with Gasteiger partial charge in [-0.05, 0) is 27.2 Å². The molecule has 1 N–H and O–H groups in total. The second-order valence-corrected chi connectivity index (χ2v) is 4.93. The largest absolute Gasteiger partial charge is 0.444 e. The van der Waals surface area contributed by atoms with Crippen LogP contribution in [0.4, 0.5) is 4.79 Å². The van der Waals surface area contributed by atoms with Gasteiger partial charge in [0.2, 0.25) is 0 Å². The molecule has 0 spiro atoms. The van der Waals surface area contributed by atoms with Crippen molar-refractivity contribution in [2.45, 2.75) is 38.8 Å². The SMILES string of the molecule is CC(C)(C)OC(=O)N1CCC(NC=S)C1. The molecule has 1 saturated heterocycles. The smallest absolute Gasteiger partial charge is 0.410 e. The van der Waals surface area contributed by atoms with Crippen molar-refractivity contribution in [3.05, 3.63) is 0 Å². The van der Waals surface area contributed by atoms with Crippen LogP contribution in [-0.2, 0) is 4.74 Å². The van der Waals surface area contributed by atoms with E-state index in [1.165, 1.54) is 5.49 Å². The monoisotopic (exact) mass is 230 g/mol. The lowest BCUT2D eigenvalue weighted by Crippen LogP contribution is -2.37. The maximum atomic E-state index is 11.7. The molecule has 1 aliphatic heterocycles. The lowest BCUT2D eigenvalue weighted by molar-refractivity contribution is 0.0292. The fraction of sp³-hybridized carbons (Fsp3) is 0.800. The van der Waals surface area contributed by atoms with E-state index in [1.807, 2.05) is 20.8 Å². The zero-order valence-corrected chi connectivity index (χ0v) is 10.3. The number of rotatable bonds is 2. The van der Waals surface area contributed by atoms with Gasteiger partial charge in [0, 0.05) is 19.1 Å². The van der Waals surface area contributed by atoms with Crippen molar-refractivity contribution >= 4 is 23.8 Å². The van der Waals surface area contributed by atoms with E-state index in [0.29, 0.717) is 6.54 Å². The predicted octanol–water partition coefficient (Wildman–Crippen LogP) is 1.54. The molecule has 0 radical (unpaired) electrons. The molecule has 1 atom stereocenters. The Morgan fingerprint density at radius 2 is 2.27 bits per heavy atom.